The van der Waals surface area contributed by atoms with E-state index in [0.29, 0.717) is 11.4 Å². The average molecular weight is 312 g/mol. The number of nitrogens with one attached hydrogen (secondary N) is 2. The van der Waals surface area contributed by atoms with Gasteiger partial charge in [0.15, 0.2) is 0 Å². The maximum Gasteiger partial charge on any atom is 0.257 e. The van der Waals surface area contributed by atoms with Crippen LogP contribution in [0.25, 0.3) is 0 Å². The highest BCUT2D eigenvalue weighted by Crippen LogP contribution is 2.12. The van der Waals surface area contributed by atoms with E-state index in [-0.39, 0.29) is 5.91 Å². The second kappa shape index (κ2) is 6.97. The number of anilines is 2. The van der Waals surface area contributed by atoms with E-state index < -0.39 is 24.8 Å². The normalized spacial score (nSPS) is 12.2. The van der Waals surface area contributed by atoms with Crippen LogP contribution in [-0.4, -0.2) is 28.2 Å². The monoisotopic (exact) mass is 312 g/mol. The number of carbonyl (C=O) groups excluding carboxylic acids is 1. The van der Waals surface area contributed by atoms with E-state index in [1.165, 1.54) is 30.6 Å². The largest absolute Gasteiger partial charge is 0.371 e. The minimum atomic E-state index is -2.50. The molecule has 5 nitrogen and oxygen atoms in total. The van der Waals surface area contributed by atoms with Crippen molar-refractivity contribution in [3.8, 4) is 0 Å². The molecule has 2 aromatic rings. The van der Waals surface area contributed by atoms with Crippen molar-refractivity contribution in [2.24, 2.45) is 0 Å². The number of benzene rings is 1. The fraction of sp³-hybridized carbons (Fsp3) is 0.286. The topological polar surface area (TPSA) is 59.0 Å². The Balaban J connectivity index is 1.92. The van der Waals surface area contributed by atoms with Gasteiger partial charge in [-0.25, -0.2) is 13.2 Å². The molecule has 1 heterocycles. The van der Waals surface area contributed by atoms with Crippen molar-refractivity contribution >= 4 is 17.3 Å². The molecule has 0 spiro atoms. The van der Waals surface area contributed by atoms with Crippen LogP contribution in [-0.2, 0) is 11.3 Å². The van der Waals surface area contributed by atoms with Crippen molar-refractivity contribution < 1.29 is 18.0 Å². The summed E-state index contributed by atoms with van der Waals surface area (Å²) in [7, 11) is 0. The summed E-state index contributed by atoms with van der Waals surface area (Å²) in [5.74, 6) is -0.834. The first kappa shape index (κ1) is 15.9. The molecule has 0 aliphatic rings. The second-order valence-corrected chi connectivity index (χ2v) is 4.71. The van der Waals surface area contributed by atoms with Gasteiger partial charge in [0.2, 0.25) is 5.91 Å². The third kappa shape index (κ3) is 4.51. The number of alkyl halides is 2. The number of rotatable bonds is 6. The molecular weight excluding hydrogens is 297 g/mol. The Kier molecular flexibility index (Phi) is 5.03. The highest BCUT2D eigenvalue weighted by molar-refractivity contribution is 5.96. The standard InChI is InChI=1S/C14H15F3N4O/c1-9(14(22)20-11-4-2-3-10(15)5-11)19-12-6-18-21(7-12)8-13(16)17/h2-7,9,13,19H,8H2,1H3,(H,20,22)/t9-/m0/s1. The Hall–Kier alpha value is -2.51. The van der Waals surface area contributed by atoms with Gasteiger partial charge in [0.05, 0.1) is 11.9 Å². The summed E-state index contributed by atoms with van der Waals surface area (Å²) in [5, 5.41) is 9.15. The molecule has 1 atom stereocenters. The van der Waals surface area contributed by atoms with Crippen molar-refractivity contribution in [2.45, 2.75) is 25.9 Å². The van der Waals surface area contributed by atoms with Gasteiger partial charge < -0.3 is 10.6 Å². The van der Waals surface area contributed by atoms with Gasteiger partial charge in [0, 0.05) is 11.9 Å². The van der Waals surface area contributed by atoms with Crippen molar-refractivity contribution in [2.75, 3.05) is 10.6 Å². The predicted molar refractivity (Wildman–Crippen MR) is 76.3 cm³/mol. The number of hydrogen-bond donors (Lipinski definition) is 2. The third-order valence-corrected chi connectivity index (χ3v) is 2.83. The van der Waals surface area contributed by atoms with Crippen LogP contribution in [0.3, 0.4) is 0 Å². The average Bonchev–Trinajstić information content (AvgIpc) is 2.85. The van der Waals surface area contributed by atoms with Crippen LogP contribution in [0.2, 0.25) is 0 Å². The van der Waals surface area contributed by atoms with Gasteiger partial charge in [0.1, 0.15) is 18.4 Å². The summed E-state index contributed by atoms with van der Waals surface area (Å²) in [6.45, 7) is 1.09. The van der Waals surface area contributed by atoms with Crippen LogP contribution in [0.4, 0.5) is 24.5 Å². The van der Waals surface area contributed by atoms with Gasteiger partial charge in [-0.3, -0.25) is 9.48 Å². The highest BCUT2D eigenvalue weighted by Gasteiger charge is 2.14. The molecule has 2 rings (SSSR count). The van der Waals surface area contributed by atoms with Crippen LogP contribution in [0.15, 0.2) is 36.7 Å². The molecular formula is C14H15F3N4O. The fourth-order valence-corrected chi connectivity index (χ4v) is 1.81. The summed E-state index contributed by atoms with van der Waals surface area (Å²) in [5.41, 5.74) is 0.787. The van der Waals surface area contributed by atoms with E-state index in [9.17, 15) is 18.0 Å². The molecule has 0 saturated carbocycles. The molecule has 0 aliphatic carbocycles. The zero-order valence-corrected chi connectivity index (χ0v) is 11.8. The molecule has 0 saturated heterocycles. The second-order valence-electron chi connectivity index (χ2n) is 4.71. The van der Waals surface area contributed by atoms with Gasteiger partial charge >= 0.3 is 0 Å². The van der Waals surface area contributed by atoms with Crippen molar-refractivity contribution in [3.63, 3.8) is 0 Å². The van der Waals surface area contributed by atoms with Crippen LogP contribution >= 0.6 is 0 Å². The number of hydrogen-bond acceptors (Lipinski definition) is 3. The molecule has 0 bridgehead atoms. The van der Waals surface area contributed by atoms with E-state index in [4.69, 9.17) is 0 Å². The van der Waals surface area contributed by atoms with Gasteiger partial charge in [-0.2, -0.15) is 5.10 Å². The Morgan fingerprint density at radius 2 is 2.14 bits per heavy atom. The Bertz CT molecular complexity index is 645. The van der Waals surface area contributed by atoms with E-state index in [1.54, 1.807) is 13.0 Å². The predicted octanol–water partition coefficient (Wildman–Crippen LogP) is 2.73. The van der Waals surface area contributed by atoms with Gasteiger partial charge in [-0.15, -0.1) is 0 Å². The molecule has 118 valence electrons. The van der Waals surface area contributed by atoms with Gasteiger partial charge in [-0.1, -0.05) is 6.07 Å². The number of halogens is 3. The maximum atomic E-state index is 13.0. The summed E-state index contributed by atoms with van der Waals surface area (Å²) >= 11 is 0. The van der Waals surface area contributed by atoms with Crippen LogP contribution < -0.4 is 10.6 Å². The molecule has 0 unspecified atom stereocenters. The summed E-state index contributed by atoms with van der Waals surface area (Å²) in [4.78, 5) is 12.0. The maximum absolute atomic E-state index is 13.0. The Morgan fingerprint density at radius 3 is 2.82 bits per heavy atom. The molecule has 1 aromatic heterocycles. The van der Waals surface area contributed by atoms with Crippen molar-refractivity contribution in [3.05, 3.63) is 42.5 Å². The summed E-state index contributed by atoms with van der Waals surface area (Å²) < 4.78 is 38.6. The molecule has 8 heteroatoms. The van der Waals surface area contributed by atoms with Gasteiger partial charge in [0.25, 0.3) is 6.43 Å². The third-order valence-electron chi connectivity index (χ3n) is 2.83. The molecule has 2 N–H and O–H groups in total. The smallest absolute Gasteiger partial charge is 0.257 e. The van der Waals surface area contributed by atoms with E-state index in [0.717, 1.165) is 4.68 Å². The van der Waals surface area contributed by atoms with E-state index >= 15 is 0 Å². The van der Waals surface area contributed by atoms with E-state index in [1.807, 2.05) is 0 Å². The minimum absolute atomic E-state index is 0.340. The molecule has 22 heavy (non-hydrogen) atoms. The number of carbonyl (C=O) groups is 1. The molecule has 1 aromatic carbocycles. The van der Waals surface area contributed by atoms with Crippen molar-refractivity contribution in [1.82, 2.24) is 9.78 Å². The van der Waals surface area contributed by atoms with Crippen LogP contribution in [0, 0.1) is 5.82 Å². The zero-order valence-electron chi connectivity index (χ0n) is 11.8. The number of nitrogens with zero attached hydrogens (tertiary/aromatic N) is 2. The number of amides is 1. The Morgan fingerprint density at radius 1 is 1.36 bits per heavy atom. The summed E-state index contributed by atoms with van der Waals surface area (Å²) in [6.07, 6.45) is 0.244. The molecule has 0 fully saturated rings. The fourth-order valence-electron chi connectivity index (χ4n) is 1.81. The van der Waals surface area contributed by atoms with Crippen LogP contribution in [0.5, 0.6) is 0 Å². The Labute approximate surface area is 125 Å². The van der Waals surface area contributed by atoms with E-state index in [2.05, 4.69) is 15.7 Å². The lowest BCUT2D eigenvalue weighted by Crippen LogP contribution is -2.31. The lowest BCUT2D eigenvalue weighted by Gasteiger charge is -2.13. The quantitative estimate of drug-likeness (QED) is 0.862. The molecule has 1 amide bonds. The SMILES string of the molecule is C[C@H](Nc1cnn(CC(F)F)c1)C(=O)Nc1cccc(F)c1. The first-order valence-corrected chi connectivity index (χ1v) is 6.57. The lowest BCUT2D eigenvalue weighted by molar-refractivity contribution is -0.116. The minimum Gasteiger partial charge on any atom is -0.371 e. The van der Waals surface area contributed by atoms with Crippen LogP contribution in [0.1, 0.15) is 6.92 Å². The zero-order chi connectivity index (χ0) is 16.1. The number of aromatic nitrogens is 2. The molecule has 0 aliphatic heterocycles. The van der Waals surface area contributed by atoms with Gasteiger partial charge in [-0.05, 0) is 25.1 Å². The first-order valence-electron chi connectivity index (χ1n) is 6.57. The first-order chi connectivity index (χ1) is 10.4. The lowest BCUT2D eigenvalue weighted by atomic mass is 10.2. The molecule has 0 radical (unpaired) electrons. The van der Waals surface area contributed by atoms with Crippen molar-refractivity contribution in [1.29, 1.82) is 0 Å². The highest BCUT2D eigenvalue weighted by atomic mass is 19.3. The summed E-state index contributed by atoms with van der Waals surface area (Å²) in [6, 6.07) is 4.87.